The van der Waals surface area contributed by atoms with E-state index < -0.39 is 5.82 Å². The van der Waals surface area contributed by atoms with E-state index in [2.05, 4.69) is 11.9 Å². The third-order valence-electron chi connectivity index (χ3n) is 4.67. The van der Waals surface area contributed by atoms with Gasteiger partial charge in [0.25, 0.3) is 5.56 Å². The summed E-state index contributed by atoms with van der Waals surface area (Å²) in [6, 6.07) is 4.54. The highest BCUT2D eigenvalue weighted by Gasteiger charge is 2.23. The lowest BCUT2D eigenvalue weighted by Gasteiger charge is -2.17. The minimum absolute atomic E-state index is 0.0916. The molecule has 0 N–H and O–H groups in total. The minimum atomic E-state index is -0.407. The number of benzene rings is 1. The van der Waals surface area contributed by atoms with E-state index >= 15 is 0 Å². The Labute approximate surface area is 147 Å². The van der Waals surface area contributed by atoms with Crippen molar-refractivity contribution in [2.75, 3.05) is 0 Å². The van der Waals surface area contributed by atoms with Crippen LogP contribution in [0.1, 0.15) is 29.3 Å². The monoisotopic (exact) mass is 362 g/mol. The molecule has 3 nitrogen and oxygen atoms in total. The normalized spacial score (nSPS) is 17.2. The van der Waals surface area contributed by atoms with Gasteiger partial charge >= 0.3 is 0 Å². The van der Waals surface area contributed by atoms with E-state index in [0.717, 1.165) is 29.7 Å². The molecule has 1 aliphatic rings. The Hall–Kier alpha value is -1.72. The lowest BCUT2D eigenvalue weighted by Crippen LogP contribution is -2.22. The maximum Gasteiger partial charge on any atom is 0.262 e. The number of fused-ring (bicyclic) bond motifs is 3. The summed E-state index contributed by atoms with van der Waals surface area (Å²) in [7, 11) is 0. The van der Waals surface area contributed by atoms with Crippen LogP contribution in [-0.4, -0.2) is 9.55 Å². The van der Waals surface area contributed by atoms with E-state index in [1.165, 1.54) is 21.8 Å². The van der Waals surface area contributed by atoms with Crippen LogP contribution in [0.4, 0.5) is 4.39 Å². The van der Waals surface area contributed by atoms with Crippen molar-refractivity contribution >= 4 is 33.2 Å². The summed E-state index contributed by atoms with van der Waals surface area (Å²) in [6.45, 7) is 2.33. The second-order valence-electron chi connectivity index (χ2n) is 6.41. The molecule has 0 bridgehead atoms. The van der Waals surface area contributed by atoms with Crippen molar-refractivity contribution in [2.24, 2.45) is 5.92 Å². The van der Waals surface area contributed by atoms with E-state index in [9.17, 15) is 9.18 Å². The van der Waals surface area contributed by atoms with Crippen LogP contribution in [0.25, 0.3) is 10.2 Å². The van der Waals surface area contributed by atoms with Gasteiger partial charge in [0.1, 0.15) is 10.6 Å². The van der Waals surface area contributed by atoms with Gasteiger partial charge in [-0.25, -0.2) is 9.37 Å². The molecular weight excluding hydrogens is 347 g/mol. The zero-order valence-corrected chi connectivity index (χ0v) is 14.8. The van der Waals surface area contributed by atoms with Crippen LogP contribution in [0, 0.1) is 11.7 Å². The van der Waals surface area contributed by atoms with Gasteiger partial charge in [0.2, 0.25) is 0 Å². The van der Waals surface area contributed by atoms with Gasteiger partial charge in [0.05, 0.1) is 18.3 Å². The quantitative estimate of drug-likeness (QED) is 0.676. The maximum absolute atomic E-state index is 14.0. The van der Waals surface area contributed by atoms with Crippen LogP contribution >= 0.6 is 22.9 Å². The highest BCUT2D eigenvalue weighted by atomic mass is 35.5. The Morgan fingerprint density at radius 1 is 1.46 bits per heavy atom. The van der Waals surface area contributed by atoms with Crippen molar-refractivity contribution in [1.82, 2.24) is 9.55 Å². The molecule has 0 saturated heterocycles. The molecule has 1 aromatic carbocycles. The predicted molar refractivity (Wildman–Crippen MR) is 95.6 cm³/mol. The predicted octanol–water partition coefficient (Wildman–Crippen LogP) is 4.42. The Balaban J connectivity index is 1.83. The summed E-state index contributed by atoms with van der Waals surface area (Å²) in [5, 5.41) is 1.03. The van der Waals surface area contributed by atoms with Gasteiger partial charge in [-0.3, -0.25) is 9.36 Å². The summed E-state index contributed by atoms with van der Waals surface area (Å²) < 4.78 is 15.5. The number of rotatable bonds is 2. The smallest absolute Gasteiger partial charge is 0.262 e. The van der Waals surface area contributed by atoms with Crippen molar-refractivity contribution < 1.29 is 4.39 Å². The van der Waals surface area contributed by atoms with Gasteiger partial charge in [-0.2, -0.15) is 0 Å². The largest absolute Gasteiger partial charge is 0.294 e. The Kier molecular flexibility index (Phi) is 3.93. The summed E-state index contributed by atoms with van der Waals surface area (Å²) in [6.07, 6.45) is 4.51. The van der Waals surface area contributed by atoms with E-state index in [-0.39, 0.29) is 12.1 Å². The van der Waals surface area contributed by atoms with Gasteiger partial charge in [-0.1, -0.05) is 24.6 Å². The summed E-state index contributed by atoms with van der Waals surface area (Å²) >= 11 is 7.70. The molecular formula is C18H16ClFN2OS. The molecule has 3 aromatic rings. The van der Waals surface area contributed by atoms with Gasteiger partial charge < -0.3 is 0 Å². The minimum Gasteiger partial charge on any atom is -0.294 e. The maximum atomic E-state index is 14.0. The number of thiophene rings is 1. The SMILES string of the molecule is C[C@H]1CCc2c(sc3ncn(Cc4c(F)cccc4Cl)c(=O)c23)C1. The van der Waals surface area contributed by atoms with Crippen LogP contribution in [-0.2, 0) is 19.4 Å². The molecule has 0 fully saturated rings. The lowest BCUT2D eigenvalue weighted by atomic mass is 9.89. The molecule has 124 valence electrons. The third-order valence-corrected chi connectivity index (χ3v) is 6.19. The average Bonchev–Trinajstić information content (AvgIpc) is 2.91. The lowest BCUT2D eigenvalue weighted by molar-refractivity contribution is 0.509. The van der Waals surface area contributed by atoms with Crippen LogP contribution in [0.2, 0.25) is 5.02 Å². The summed E-state index contributed by atoms with van der Waals surface area (Å²) in [4.78, 5) is 19.4. The zero-order chi connectivity index (χ0) is 16.8. The molecule has 2 heterocycles. The topological polar surface area (TPSA) is 34.9 Å². The van der Waals surface area contributed by atoms with E-state index in [1.54, 1.807) is 23.5 Å². The van der Waals surface area contributed by atoms with Crippen LogP contribution in [0.3, 0.4) is 0 Å². The van der Waals surface area contributed by atoms with Crippen molar-refractivity contribution in [3.8, 4) is 0 Å². The first kappa shape index (κ1) is 15.8. The molecule has 0 radical (unpaired) electrons. The van der Waals surface area contributed by atoms with E-state index in [4.69, 9.17) is 11.6 Å². The molecule has 1 aliphatic carbocycles. The Bertz CT molecular complexity index is 974. The van der Waals surface area contributed by atoms with Crippen molar-refractivity contribution in [3.63, 3.8) is 0 Å². The molecule has 6 heteroatoms. The highest BCUT2D eigenvalue weighted by molar-refractivity contribution is 7.18. The van der Waals surface area contributed by atoms with Gasteiger partial charge in [0, 0.05) is 15.5 Å². The second-order valence-corrected chi connectivity index (χ2v) is 7.90. The molecule has 4 rings (SSSR count). The molecule has 2 aromatic heterocycles. The standard InChI is InChI=1S/C18H16ClFN2OS/c1-10-5-6-11-15(7-10)24-17-16(11)18(23)22(9-21-17)8-12-13(19)3-2-4-14(12)20/h2-4,9-10H,5-8H2,1H3/t10-/m0/s1. The second kappa shape index (κ2) is 5.97. The van der Waals surface area contributed by atoms with Crippen LogP contribution in [0.15, 0.2) is 29.3 Å². The van der Waals surface area contributed by atoms with Gasteiger partial charge in [-0.05, 0) is 42.9 Å². The molecule has 0 amide bonds. The fourth-order valence-corrected chi connectivity index (χ4v) is 4.90. The van der Waals surface area contributed by atoms with E-state index in [0.29, 0.717) is 21.9 Å². The molecule has 0 spiro atoms. The number of hydrogen-bond acceptors (Lipinski definition) is 3. The number of halogens is 2. The molecule has 24 heavy (non-hydrogen) atoms. The fraction of sp³-hybridized carbons (Fsp3) is 0.333. The van der Waals surface area contributed by atoms with E-state index in [1.807, 2.05) is 0 Å². The van der Waals surface area contributed by atoms with Gasteiger partial charge in [-0.15, -0.1) is 11.3 Å². The Morgan fingerprint density at radius 2 is 2.29 bits per heavy atom. The zero-order valence-electron chi connectivity index (χ0n) is 13.2. The highest BCUT2D eigenvalue weighted by Crippen LogP contribution is 2.35. The van der Waals surface area contributed by atoms with Crippen LogP contribution in [0.5, 0.6) is 0 Å². The molecule has 0 unspecified atom stereocenters. The van der Waals surface area contributed by atoms with Crippen molar-refractivity contribution in [2.45, 2.75) is 32.7 Å². The van der Waals surface area contributed by atoms with Gasteiger partial charge in [0.15, 0.2) is 0 Å². The summed E-state index contributed by atoms with van der Waals surface area (Å²) in [5.41, 5.74) is 1.35. The average molecular weight is 363 g/mol. The third kappa shape index (κ3) is 2.56. The number of aromatic nitrogens is 2. The van der Waals surface area contributed by atoms with Crippen molar-refractivity contribution in [1.29, 1.82) is 0 Å². The number of hydrogen-bond donors (Lipinski definition) is 0. The fourth-order valence-electron chi connectivity index (χ4n) is 3.33. The molecule has 0 aliphatic heterocycles. The van der Waals surface area contributed by atoms with Crippen LogP contribution < -0.4 is 5.56 Å². The molecule has 0 saturated carbocycles. The number of nitrogens with zero attached hydrogens (tertiary/aromatic N) is 2. The Morgan fingerprint density at radius 3 is 3.08 bits per heavy atom. The van der Waals surface area contributed by atoms with Crippen molar-refractivity contribution in [3.05, 3.63) is 61.7 Å². The first-order valence-electron chi connectivity index (χ1n) is 7.97. The first-order chi connectivity index (χ1) is 11.5. The first-order valence-corrected chi connectivity index (χ1v) is 9.16. The number of aryl methyl sites for hydroxylation is 1. The summed E-state index contributed by atoms with van der Waals surface area (Å²) in [5.74, 6) is 0.237. The molecule has 1 atom stereocenters.